The van der Waals surface area contributed by atoms with Gasteiger partial charge in [-0.1, -0.05) is 18.7 Å². The van der Waals surface area contributed by atoms with Crippen LogP contribution in [0.4, 0.5) is 5.82 Å². The number of anilines is 1. The Balaban J connectivity index is 1.38. The molecule has 2 aliphatic rings. The Morgan fingerprint density at radius 3 is 3.00 bits per heavy atom. The number of nitrogens with one attached hydrogen (secondary N) is 1. The molecule has 1 aromatic carbocycles. The lowest BCUT2D eigenvalue weighted by Gasteiger charge is -2.40. The van der Waals surface area contributed by atoms with Crippen LogP contribution in [0.5, 0.6) is 0 Å². The molecule has 1 amide bonds. The van der Waals surface area contributed by atoms with Gasteiger partial charge in [-0.3, -0.25) is 9.78 Å². The first-order valence-electron chi connectivity index (χ1n) is 11.1. The largest absolute Gasteiger partial charge is 0.350 e. The van der Waals surface area contributed by atoms with Crippen molar-refractivity contribution in [2.24, 2.45) is 0 Å². The van der Waals surface area contributed by atoms with Crippen molar-refractivity contribution in [3.05, 3.63) is 61.6 Å². The second-order valence-electron chi connectivity index (χ2n) is 8.53. The molecule has 0 saturated carbocycles. The Morgan fingerprint density at radius 1 is 1.16 bits per heavy atom. The molecule has 32 heavy (non-hydrogen) atoms. The topological polar surface area (TPSA) is 78.0 Å². The van der Waals surface area contributed by atoms with Crippen LogP contribution in [0.2, 0.25) is 0 Å². The third-order valence-corrected chi connectivity index (χ3v) is 6.84. The van der Waals surface area contributed by atoms with Gasteiger partial charge in [-0.05, 0) is 49.1 Å². The van der Waals surface area contributed by atoms with Gasteiger partial charge in [0.15, 0.2) is 5.65 Å². The summed E-state index contributed by atoms with van der Waals surface area (Å²) in [4.78, 5) is 34.0. The lowest BCUT2D eigenvalue weighted by atomic mass is 9.97. The average molecular weight is 425 g/mol. The molecule has 160 valence electrons. The summed E-state index contributed by atoms with van der Waals surface area (Å²) in [5, 5.41) is 1.10. The summed E-state index contributed by atoms with van der Waals surface area (Å²) >= 11 is 0. The monoisotopic (exact) mass is 424 g/mol. The van der Waals surface area contributed by atoms with Gasteiger partial charge in [0.2, 0.25) is 5.91 Å². The minimum absolute atomic E-state index is 0.0274. The minimum atomic E-state index is 0.0274. The zero-order valence-corrected chi connectivity index (χ0v) is 17.7. The van der Waals surface area contributed by atoms with Gasteiger partial charge in [0, 0.05) is 36.4 Å². The first-order valence-corrected chi connectivity index (χ1v) is 11.1. The van der Waals surface area contributed by atoms with Gasteiger partial charge in [0.1, 0.15) is 11.3 Å². The number of hydrogen-bond donors (Lipinski definition) is 1. The Bertz CT molecular complexity index is 1340. The zero-order chi connectivity index (χ0) is 21.7. The molecule has 6 rings (SSSR count). The molecule has 0 radical (unpaired) electrons. The molecule has 2 unspecified atom stereocenters. The predicted octanol–water partition coefficient (Wildman–Crippen LogP) is 3.93. The molecular formula is C25H24N6O. The fraction of sp³-hybridized carbons (Fsp3) is 0.280. The maximum atomic E-state index is 12.3. The van der Waals surface area contributed by atoms with Gasteiger partial charge in [-0.15, -0.1) is 0 Å². The number of carbonyl (C=O) groups excluding carboxylic acids is 1. The number of amides is 1. The van der Waals surface area contributed by atoms with E-state index in [4.69, 9.17) is 4.98 Å². The second-order valence-corrected chi connectivity index (χ2v) is 8.53. The highest BCUT2D eigenvalue weighted by atomic mass is 16.2. The maximum absolute atomic E-state index is 12.3. The molecule has 2 saturated heterocycles. The number of piperidine rings is 1. The molecule has 0 aliphatic carbocycles. The smallest absolute Gasteiger partial charge is 0.246 e. The zero-order valence-electron chi connectivity index (χ0n) is 17.7. The summed E-state index contributed by atoms with van der Waals surface area (Å²) in [6.45, 7) is 5.37. The number of H-pyrrole nitrogens is 1. The SMILES string of the molecule is C=CC(=O)N1CCC2C1CCCN2c1cnc2[nH]cc(-c3ccc4ncccc4c3)c2n1. The third kappa shape index (κ3) is 2.96. The number of hydrogen-bond acceptors (Lipinski definition) is 5. The van der Waals surface area contributed by atoms with Gasteiger partial charge in [0.05, 0.1) is 23.8 Å². The molecule has 3 aromatic heterocycles. The van der Waals surface area contributed by atoms with E-state index in [1.54, 1.807) is 0 Å². The van der Waals surface area contributed by atoms with E-state index in [0.29, 0.717) is 0 Å². The molecular weight excluding hydrogens is 400 g/mol. The van der Waals surface area contributed by atoms with E-state index >= 15 is 0 Å². The van der Waals surface area contributed by atoms with Crippen LogP contribution in [-0.4, -0.2) is 55.9 Å². The molecule has 2 aliphatic heterocycles. The lowest BCUT2D eigenvalue weighted by Crippen LogP contribution is -2.51. The molecule has 7 nitrogen and oxygen atoms in total. The molecule has 2 fully saturated rings. The van der Waals surface area contributed by atoms with Crippen LogP contribution < -0.4 is 4.90 Å². The number of carbonyl (C=O) groups is 1. The number of likely N-dealkylation sites (tertiary alicyclic amines) is 1. The maximum Gasteiger partial charge on any atom is 0.246 e. The van der Waals surface area contributed by atoms with E-state index < -0.39 is 0 Å². The number of rotatable bonds is 3. The van der Waals surface area contributed by atoms with Gasteiger partial charge >= 0.3 is 0 Å². The van der Waals surface area contributed by atoms with Gasteiger partial charge < -0.3 is 14.8 Å². The van der Waals surface area contributed by atoms with Gasteiger partial charge in [0.25, 0.3) is 0 Å². The van der Waals surface area contributed by atoms with E-state index in [1.165, 1.54) is 6.08 Å². The number of benzene rings is 1. The van der Waals surface area contributed by atoms with Crippen molar-refractivity contribution in [3.8, 4) is 11.1 Å². The molecule has 1 N–H and O–H groups in total. The molecule has 0 bridgehead atoms. The van der Waals surface area contributed by atoms with Crippen LogP contribution in [0.15, 0.2) is 61.6 Å². The molecule has 5 heterocycles. The fourth-order valence-electron chi connectivity index (χ4n) is 5.34. The fourth-order valence-corrected chi connectivity index (χ4v) is 5.34. The van der Waals surface area contributed by atoms with Crippen LogP contribution in [0.1, 0.15) is 19.3 Å². The van der Waals surface area contributed by atoms with Crippen molar-refractivity contribution in [1.29, 1.82) is 0 Å². The Labute approximate surface area is 185 Å². The van der Waals surface area contributed by atoms with Crippen LogP contribution in [-0.2, 0) is 4.79 Å². The van der Waals surface area contributed by atoms with Crippen molar-refractivity contribution in [3.63, 3.8) is 0 Å². The van der Waals surface area contributed by atoms with Crippen molar-refractivity contribution >= 4 is 33.8 Å². The average Bonchev–Trinajstić information content (AvgIpc) is 3.47. The van der Waals surface area contributed by atoms with E-state index in [-0.39, 0.29) is 18.0 Å². The van der Waals surface area contributed by atoms with E-state index in [0.717, 1.165) is 71.4 Å². The Hall–Kier alpha value is -3.74. The summed E-state index contributed by atoms with van der Waals surface area (Å²) in [5.74, 6) is 0.906. The van der Waals surface area contributed by atoms with Crippen molar-refractivity contribution in [2.75, 3.05) is 18.0 Å². The standard InChI is InChI=1S/C25H24N6O/c1-2-23(32)31-12-9-21-20(31)6-4-11-30(21)22-15-28-25-24(29-22)18(14-27-25)16-7-8-19-17(13-16)5-3-10-26-19/h2-3,5,7-8,10,13-15,20-21H,1,4,6,9,11-12H2,(H,27,28). The second kappa shape index (κ2) is 7.44. The summed E-state index contributed by atoms with van der Waals surface area (Å²) in [6, 6.07) is 10.8. The van der Waals surface area contributed by atoms with Crippen molar-refractivity contribution < 1.29 is 4.79 Å². The Kier molecular flexibility index (Phi) is 4.41. The quantitative estimate of drug-likeness (QED) is 0.504. The van der Waals surface area contributed by atoms with Gasteiger partial charge in [-0.2, -0.15) is 0 Å². The highest BCUT2D eigenvalue weighted by Crippen LogP contribution is 2.35. The lowest BCUT2D eigenvalue weighted by molar-refractivity contribution is -0.127. The molecule has 0 spiro atoms. The van der Waals surface area contributed by atoms with E-state index in [9.17, 15) is 4.79 Å². The highest BCUT2D eigenvalue weighted by molar-refractivity contribution is 5.94. The third-order valence-electron chi connectivity index (χ3n) is 6.84. The van der Waals surface area contributed by atoms with Crippen LogP contribution in [0.25, 0.3) is 33.2 Å². The van der Waals surface area contributed by atoms with Crippen LogP contribution >= 0.6 is 0 Å². The first-order chi connectivity index (χ1) is 15.7. The Morgan fingerprint density at radius 2 is 2.09 bits per heavy atom. The molecule has 7 heteroatoms. The van der Waals surface area contributed by atoms with E-state index in [2.05, 4.69) is 44.6 Å². The molecule has 4 aromatic rings. The number of aromatic amines is 1. The summed E-state index contributed by atoms with van der Waals surface area (Å²) in [5.41, 5.74) is 4.73. The predicted molar refractivity (Wildman–Crippen MR) is 125 cm³/mol. The number of nitrogens with zero attached hydrogens (tertiary/aromatic N) is 5. The van der Waals surface area contributed by atoms with Gasteiger partial charge in [-0.25, -0.2) is 9.97 Å². The number of fused-ring (bicyclic) bond motifs is 3. The minimum Gasteiger partial charge on any atom is -0.350 e. The van der Waals surface area contributed by atoms with Crippen molar-refractivity contribution in [2.45, 2.75) is 31.3 Å². The number of aromatic nitrogens is 4. The first kappa shape index (κ1) is 19.0. The van der Waals surface area contributed by atoms with Crippen molar-refractivity contribution in [1.82, 2.24) is 24.8 Å². The van der Waals surface area contributed by atoms with Crippen LogP contribution in [0, 0.1) is 0 Å². The number of pyridine rings is 1. The summed E-state index contributed by atoms with van der Waals surface area (Å²) in [6.07, 6.45) is 10.1. The van der Waals surface area contributed by atoms with Crippen LogP contribution in [0.3, 0.4) is 0 Å². The summed E-state index contributed by atoms with van der Waals surface area (Å²) in [7, 11) is 0. The normalized spacial score (nSPS) is 20.6. The molecule has 2 atom stereocenters. The van der Waals surface area contributed by atoms with E-state index in [1.807, 2.05) is 35.6 Å². The summed E-state index contributed by atoms with van der Waals surface area (Å²) < 4.78 is 0. The highest BCUT2D eigenvalue weighted by Gasteiger charge is 2.42.